The van der Waals surface area contributed by atoms with Crippen molar-refractivity contribution in [3.8, 4) is 0 Å². The lowest BCUT2D eigenvalue weighted by Crippen LogP contribution is -2.37. The third-order valence-electron chi connectivity index (χ3n) is 5.38. The lowest BCUT2D eigenvalue weighted by Gasteiger charge is -2.29. The van der Waals surface area contributed by atoms with E-state index in [0.717, 1.165) is 56.7 Å². The monoisotopic (exact) mass is 350 g/mol. The summed E-state index contributed by atoms with van der Waals surface area (Å²) in [6.07, 6.45) is 6.60. The highest BCUT2D eigenvalue weighted by Crippen LogP contribution is 2.33. The third-order valence-corrected chi connectivity index (χ3v) is 5.38. The summed E-state index contributed by atoms with van der Waals surface area (Å²) >= 11 is 0. The molecule has 2 aliphatic rings. The molecule has 1 saturated carbocycles. The summed E-state index contributed by atoms with van der Waals surface area (Å²) in [6, 6.07) is 8.81. The number of carbonyl (C=O) groups is 1. The van der Waals surface area contributed by atoms with Crippen molar-refractivity contribution in [3.05, 3.63) is 53.0 Å². The molecule has 1 amide bonds. The van der Waals surface area contributed by atoms with Crippen molar-refractivity contribution in [1.29, 1.82) is 0 Å². The van der Waals surface area contributed by atoms with Crippen molar-refractivity contribution in [2.45, 2.75) is 45.6 Å². The van der Waals surface area contributed by atoms with Gasteiger partial charge in [0.15, 0.2) is 0 Å². The van der Waals surface area contributed by atoms with Gasteiger partial charge in [-0.25, -0.2) is 9.97 Å². The van der Waals surface area contributed by atoms with Crippen LogP contribution in [0.2, 0.25) is 0 Å². The van der Waals surface area contributed by atoms with E-state index in [-0.39, 0.29) is 5.92 Å². The fraction of sp³-hybridized carbons (Fsp3) is 0.476. The second-order valence-corrected chi connectivity index (χ2v) is 7.28. The highest BCUT2D eigenvalue weighted by molar-refractivity contribution is 5.81. The first-order chi connectivity index (χ1) is 12.7. The first-order valence-corrected chi connectivity index (χ1v) is 9.68. The zero-order valence-electron chi connectivity index (χ0n) is 15.4. The molecule has 136 valence electrons. The fourth-order valence-corrected chi connectivity index (χ4v) is 3.55. The molecule has 5 heteroatoms. The Balaban J connectivity index is 1.37. The predicted octanol–water partition coefficient (Wildman–Crippen LogP) is 2.99. The van der Waals surface area contributed by atoms with Crippen molar-refractivity contribution in [2.24, 2.45) is 5.92 Å². The quantitative estimate of drug-likeness (QED) is 0.870. The number of carbonyl (C=O) groups excluding carboxylic acids is 1. The average molecular weight is 350 g/mol. The minimum Gasteiger partial charge on any atom is -0.369 e. The zero-order chi connectivity index (χ0) is 17.9. The van der Waals surface area contributed by atoms with E-state index in [1.54, 1.807) is 6.33 Å². The Kier molecular flexibility index (Phi) is 4.87. The molecule has 1 fully saturated rings. The van der Waals surface area contributed by atoms with E-state index in [1.807, 2.05) is 4.90 Å². The Morgan fingerprint density at radius 1 is 1.19 bits per heavy atom. The van der Waals surface area contributed by atoms with Crippen LogP contribution < -0.4 is 5.32 Å². The van der Waals surface area contributed by atoms with Crippen molar-refractivity contribution < 1.29 is 4.79 Å². The van der Waals surface area contributed by atoms with Gasteiger partial charge in [0, 0.05) is 24.6 Å². The Labute approximate surface area is 154 Å². The van der Waals surface area contributed by atoms with E-state index in [2.05, 4.69) is 46.5 Å². The molecule has 4 rings (SSSR count). The van der Waals surface area contributed by atoms with Crippen molar-refractivity contribution >= 4 is 11.7 Å². The molecule has 26 heavy (non-hydrogen) atoms. The number of hydrogen-bond acceptors (Lipinski definition) is 4. The maximum atomic E-state index is 12.3. The van der Waals surface area contributed by atoms with Gasteiger partial charge >= 0.3 is 0 Å². The molecule has 2 aromatic rings. The molecule has 1 aromatic carbocycles. The average Bonchev–Trinajstić information content (AvgIpc) is 3.53. The summed E-state index contributed by atoms with van der Waals surface area (Å²) in [5.41, 5.74) is 4.87. The number of rotatable bonds is 6. The number of anilines is 1. The van der Waals surface area contributed by atoms with Gasteiger partial charge in [-0.1, -0.05) is 31.2 Å². The van der Waals surface area contributed by atoms with E-state index in [4.69, 9.17) is 0 Å². The molecular weight excluding hydrogens is 324 g/mol. The number of nitrogens with one attached hydrogen (secondary N) is 1. The lowest BCUT2D eigenvalue weighted by atomic mass is 10.0. The molecule has 2 heterocycles. The molecule has 0 spiro atoms. The van der Waals surface area contributed by atoms with E-state index >= 15 is 0 Å². The second kappa shape index (κ2) is 7.44. The van der Waals surface area contributed by atoms with Gasteiger partial charge in [0.2, 0.25) is 5.91 Å². The van der Waals surface area contributed by atoms with Crippen LogP contribution in [0.3, 0.4) is 0 Å². The number of amides is 1. The van der Waals surface area contributed by atoms with Crippen LogP contribution in [0, 0.1) is 5.92 Å². The molecule has 0 saturated heterocycles. The lowest BCUT2D eigenvalue weighted by molar-refractivity contribution is -0.133. The zero-order valence-corrected chi connectivity index (χ0v) is 15.4. The van der Waals surface area contributed by atoms with Crippen molar-refractivity contribution in [3.63, 3.8) is 0 Å². The minimum atomic E-state index is 0.273. The van der Waals surface area contributed by atoms with Gasteiger partial charge < -0.3 is 10.2 Å². The Morgan fingerprint density at radius 2 is 1.96 bits per heavy atom. The number of benzene rings is 1. The SMILES string of the molecule is CCc1ccc(CCNc2ncnc3c2CCN(C(=O)C2CC2)C3)cc1. The Morgan fingerprint density at radius 3 is 2.69 bits per heavy atom. The number of hydrogen-bond donors (Lipinski definition) is 1. The van der Waals surface area contributed by atoms with Crippen LogP contribution in [0.25, 0.3) is 0 Å². The van der Waals surface area contributed by atoms with Crippen LogP contribution in [0.15, 0.2) is 30.6 Å². The molecule has 1 aromatic heterocycles. The first kappa shape index (κ1) is 17.0. The summed E-state index contributed by atoms with van der Waals surface area (Å²) in [6.45, 7) is 4.43. The molecule has 1 aliphatic carbocycles. The predicted molar refractivity (Wildman–Crippen MR) is 102 cm³/mol. The summed E-state index contributed by atoms with van der Waals surface area (Å²) in [5, 5.41) is 3.47. The normalized spacial score (nSPS) is 16.3. The van der Waals surface area contributed by atoms with Gasteiger partial charge in [-0.05, 0) is 43.2 Å². The molecule has 1 N–H and O–H groups in total. The van der Waals surface area contributed by atoms with Gasteiger partial charge in [0.05, 0.1) is 12.2 Å². The molecule has 0 bridgehead atoms. The van der Waals surface area contributed by atoms with Crippen LogP contribution >= 0.6 is 0 Å². The standard InChI is InChI=1S/C21H26N4O/c1-2-15-3-5-16(6-4-15)9-11-22-20-18-10-12-25(21(26)17-7-8-17)13-19(18)23-14-24-20/h3-6,14,17H,2,7-13H2,1H3,(H,22,23,24). The van der Waals surface area contributed by atoms with Crippen LogP contribution in [-0.4, -0.2) is 33.9 Å². The van der Waals surface area contributed by atoms with Gasteiger partial charge in [-0.15, -0.1) is 0 Å². The molecule has 0 unspecified atom stereocenters. The second-order valence-electron chi connectivity index (χ2n) is 7.28. The molecule has 0 radical (unpaired) electrons. The van der Waals surface area contributed by atoms with Gasteiger partial charge in [-0.2, -0.15) is 0 Å². The number of aryl methyl sites for hydroxylation is 1. The topological polar surface area (TPSA) is 58.1 Å². The van der Waals surface area contributed by atoms with Crippen molar-refractivity contribution in [1.82, 2.24) is 14.9 Å². The number of aromatic nitrogens is 2. The van der Waals surface area contributed by atoms with Crippen LogP contribution in [0.1, 0.15) is 42.1 Å². The maximum Gasteiger partial charge on any atom is 0.226 e. The fourth-order valence-electron chi connectivity index (χ4n) is 3.55. The number of nitrogens with zero attached hydrogens (tertiary/aromatic N) is 3. The Bertz CT molecular complexity index is 783. The van der Waals surface area contributed by atoms with Crippen LogP contribution in [0.4, 0.5) is 5.82 Å². The Hall–Kier alpha value is -2.43. The van der Waals surface area contributed by atoms with E-state index in [9.17, 15) is 4.79 Å². The minimum absolute atomic E-state index is 0.273. The first-order valence-electron chi connectivity index (χ1n) is 9.68. The summed E-state index contributed by atoms with van der Waals surface area (Å²) in [4.78, 5) is 23.1. The smallest absolute Gasteiger partial charge is 0.226 e. The molecular formula is C21H26N4O. The molecule has 1 aliphatic heterocycles. The largest absolute Gasteiger partial charge is 0.369 e. The third kappa shape index (κ3) is 3.71. The van der Waals surface area contributed by atoms with E-state index < -0.39 is 0 Å². The summed E-state index contributed by atoms with van der Waals surface area (Å²) in [5.74, 6) is 1.51. The maximum absolute atomic E-state index is 12.3. The van der Waals surface area contributed by atoms with Crippen molar-refractivity contribution in [2.75, 3.05) is 18.4 Å². The highest BCUT2D eigenvalue weighted by Gasteiger charge is 2.35. The van der Waals surface area contributed by atoms with Gasteiger partial charge in [0.1, 0.15) is 12.1 Å². The van der Waals surface area contributed by atoms with Crippen LogP contribution in [-0.2, 0) is 30.6 Å². The number of fused-ring (bicyclic) bond motifs is 1. The summed E-state index contributed by atoms with van der Waals surface area (Å²) < 4.78 is 0. The molecule has 5 nitrogen and oxygen atoms in total. The summed E-state index contributed by atoms with van der Waals surface area (Å²) in [7, 11) is 0. The van der Waals surface area contributed by atoms with Gasteiger partial charge in [-0.3, -0.25) is 4.79 Å². The van der Waals surface area contributed by atoms with E-state index in [0.29, 0.717) is 12.5 Å². The van der Waals surface area contributed by atoms with E-state index in [1.165, 1.54) is 16.7 Å². The van der Waals surface area contributed by atoms with Crippen LogP contribution in [0.5, 0.6) is 0 Å². The highest BCUT2D eigenvalue weighted by atomic mass is 16.2. The van der Waals surface area contributed by atoms with Gasteiger partial charge in [0.25, 0.3) is 0 Å². The molecule has 0 atom stereocenters.